The van der Waals surface area contributed by atoms with E-state index in [0.29, 0.717) is 29.1 Å². The summed E-state index contributed by atoms with van der Waals surface area (Å²) in [6, 6.07) is 11.9. The Balaban J connectivity index is 2.18. The molecule has 0 bridgehead atoms. The fraction of sp³-hybridized carbons (Fsp3) is 0.316. The smallest absolute Gasteiger partial charge is 0.269 e. The fourth-order valence-corrected chi connectivity index (χ4v) is 5.07. The lowest BCUT2D eigenvalue weighted by Crippen LogP contribution is -2.26. The summed E-state index contributed by atoms with van der Waals surface area (Å²) in [4.78, 5) is 12.9. The minimum atomic E-state index is -3.34. The molecule has 0 aliphatic rings. The Morgan fingerprint density at radius 3 is 2.52 bits per heavy atom. The lowest BCUT2D eigenvalue weighted by molar-refractivity contribution is 0.310. The van der Waals surface area contributed by atoms with E-state index >= 15 is 0 Å². The van der Waals surface area contributed by atoms with Gasteiger partial charge in [-0.2, -0.15) is 0 Å². The van der Waals surface area contributed by atoms with E-state index in [0.717, 1.165) is 4.70 Å². The zero-order valence-electron chi connectivity index (χ0n) is 15.3. The molecule has 0 N–H and O–H groups in total. The van der Waals surface area contributed by atoms with Crippen molar-refractivity contribution in [2.45, 2.75) is 13.0 Å². The first-order valence-electron chi connectivity index (χ1n) is 8.43. The summed E-state index contributed by atoms with van der Waals surface area (Å²) in [5.74, 6) is 0.894. The highest BCUT2D eigenvalue weighted by Gasteiger charge is 2.24. The van der Waals surface area contributed by atoms with Crippen molar-refractivity contribution in [1.82, 2.24) is 3.96 Å². The fourth-order valence-electron chi connectivity index (χ4n) is 2.95. The SMILES string of the molecule is CCOc1cc([C@@H](CS(C)(=O)=O)n2sc3ccccc3c2=O)ccc1OC. The maximum absolute atomic E-state index is 12.9. The highest BCUT2D eigenvalue weighted by Crippen LogP contribution is 2.33. The van der Waals surface area contributed by atoms with E-state index in [1.807, 2.05) is 19.1 Å². The van der Waals surface area contributed by atoms with Crippen LogP contribution in [-0.4, -0.2) is 38.1 Å². The molecule has 2 aromatic carbocycles. The lowest BCUT2D eigenvalue weighted by Gasteiger charge is -2.19. The van der Waals surface area contributed by atoms with Gasteiger partial charge in [0, 0.05) is 6.26 Å². The minimum absolute atomic E-state index is 0.183. The summed E-state index contributed by atoms with van der Waals surface area (Å²) in [6.45, 7) is 2.30. The molecule has 0 unspecified atom stereocenters. The van der Waals surface area contributed by atoms with Gasteiger partial charge in [0.05, 0.1) is 35.6 Å². The number of fused-ring (bicyclic) bond motifs is 1. The summed E-state index contributed by atoms with van der Waals surface area (Å²) < 4.78 is 37.4. The van der Waals surface area contributed by atoms with Gasteiger partial charge in [0.15, 0.2) is 11.5 Å². The number of nitrogens with zero attached hydrogens (tertiary/aromatic N) is 1. The molecule has 0 fully saturated rings. The van der Waals surface area contributed by atoms with Crippen LogP contribution in [-0.2, 0) is 9.84 Å². The second-order valence-corrected chi connectivity index (χ2v) is 9.37. The molecule has 8 heteroatoms. The number of hydrogen-bond acceptors (Lipinski definition) is 6. The van der Waals surface area contributed by atoms with Crippen molar-refractivity contribution in [2.75, 3.05) is 25.7 Å². The summed E-state index contributed by atoms with van der Waals surface area (Å²) in [5, 5.41) is 0.583. The first-order valence-corrected chi connectivity index (χ1v) is 11.3. The Morgan fingerprint density at radius 2 is 1.89 bits per heavy atom. The Kier molecular flexibility index (Phi) is 5.57. The molecule has 0 amide bonds. The van der Waals surface area contributed by atoms with Gasteiger partial charge in [-0.25, -0.2) is 8.42 Å². The molecule has 1 heterocycles. The van der Waals surface area contributed by atoms with E-state index < -0.39 is 15.9 Å². The minimum Gasteiger partial charge on any atom is -0.493 e. The molecular formula is C19H21NO5S2. The van der Waals surface area contributed by atoms with Gasteiger partial charge in [-0.1, -0.05) is 29.7 Å². The van der Waals surface area contributed by atoms with E-state index in [1.54, 1.807) is 37.4 Å². The second-order valence-electron chi connectivity index (χ2n) is 6.17. The van der Waals surface area contributed by atoms with Crippen LogP contribution in [0.1, 0.15) is 18.5 Å². The first kappa shape index (κ1) is 19.4. The topological polar surface area (TPSA) is 74.6 Å². The van der Waals surface area contributed by atoms with Crippen molar-refractivity contribution < 1.29 is 17.9 Å². The van der Waals surface area contributed by atoms with Gasteiger partial charge in [-0.15, -0.1) is 0 Å². The lowest BCUT2D eigenvalue weighted by atomic mass is 10.1. The van der Waals surface area contributed by atoms with Crippen LogP contribution in [0.4, 0.5) is 0 Å². The normalized spacial score (nSPS) is 12.9. The molecule has 0 radical (unpaired) electrons. The number of aromatic nitrogens is 1. The first-order chi connectivity index (χ1) is 12.8. The van der Waals surface area contributed by atoms with Gasteiger partial charge in [0.25, 0.3) is 5.56 Å². The summed E-state index contributed by atoms with van der Waals surface area (Å²) in [6.07, 6.45) is 1.17. The van der Waals surface area contributed by atoms with Crippen molar-refractivity contribution in [3.63, 3.8) is 0 Å². The molecule has 144 valence electrons. The molecule has 6 nitrogen and oxygen atoms in total. The maximum atomic E-state index is 12.9. The third kappa shape index (κ3) is 4.17. The van der Waals surface area contributed by atoms with Gasteiger partial charge >= 0.3 is 0 Å². The Bertz CT molecular complexity index is 1110. The van der Waals surface area contributed by atoms with Crippen LogP contribution in [0.15, 0.2) is 47.3 Å². The Hall–Kier alpha value is -2.32. The summed E-state index contributed by atoms with van der Waals surface area (Å²) >= 11 is 1.26. The van der Waals surface area contributed by atoms with Crippen molar-refractivity contribution in [3.8, 4) is 11.5 Å². The molecule has 0 saturated heterocycles. The maximum Gasteiger partial charge on any atom is 0.269 e. The molecule has 3 aromatic rings. The van der Waals surface area contributed by atoms with Crippen molar-refractivity contribution >= 4 is 31.5 Å². The monoisotopic (exact) mass is 407 g/mol. The van der Waals surface area contributed by atoms with Gasteiger partial charge in [-0.05, 0) is 36.8 Å². The Labute approximate surface area is 162 Å². The largest absolute Gasteiger partial charge is 0.493 e. The average molecular weight is 408 g/mol. The van der Waals surface area contributed by atoms with Crippen LogP contribution >= 0.6 is 11.5 Å². The third-order valence-electron chi connectivity index (χ3n) is 4.13. The zero-order valence-corrected chi connectivity index (χ0v) is 17.0. The van der Waals surface area contributed by atoms with Crippen LogP contribution in [0.5, 0.6) is 11.5 Å². The van der Waals surface area contributed by atoms with E-state index in [-0.39, 0.29) is 11.3 Å². The Morgan fingerprint density at radius 1 is 1.15 bits per heavy atom. The molecular weight excluding hydrogens is 386 g/mol. The second kappa shape index (κ2) is 7.74. The van der Waals surface area contributed by atoms with E-state index in [9.17, 15) is 13.2 Å². The third-order valence-corrected chi connectivity index (χ3v) is 6.22. The van der Waals surface area contributed by atoms with E-state index in [1.165, 1.54) is 21.7 Å². The number of sulfone groups is 1. The molecule has 0 aliphatic carbocycles. The van der Waals surface area contributed by atoms with Gasteiger partial charge < -0.3 is 9.47 Å². The molecule has 0 saturated carbocycles. The van der Waals surface area contributed by atoms with Crippen LogP contribution in [0.2, 0.25) is 0 Å². The van der Waals surface area contributed by atoms with Gasteiger partial charge in [-0.3, -0.25) is 8.75 Å². The van der Waals surface area contributed by atoms with Crippen LogP contribution in [0, 0.1) is 0 Å². The molecule has 3 rings (SSSR count). The molecule has 0 aliphatic heterocycles. The number of rotatable bonds is 7. The van der Waals surface area contributed by atoms with E-state index in [2.05, 4.69) is 0 Å². The number of ether oxygens (including phenoxy) is 2. The van der Waals surface area contributed by atoms with E-state index in [4.69, 9.17) is 9.47 Å². The summed E-state index contributed by atoms with van der Waals surface area (Å²) in [7, 11) is -1.80. The number of methoxy groups -OCH3 is 1. The molecule has 1 atom stereocenters. The highest BCUT2D eigenvalue weighted by atomic mass is 32.2. The quantitative estimate of drug-likeness (QED) is 0.602. The standard InChI is InChI=1S/C19H21NO5S2/c1-4-25-17-11-13(9-10-16(17)24-2)15(12-27(3,22)23)20-19(21)14-7-5-6-8-18(14)26-20/h5-11,15H,4,12H2,1-3H3/t15-/m1/s1. The molecule has 27 heavy (non-hydrogen) atoms. The molecule has 1 aromatic heterocycles. The zero-order chi connectivity index (χ0) is 19.6. The molecule has 0 spiro atoms. The van der Waals surface area contributed by atoms with Crippen molar-refractivity contribution in [1.29, 1.82) is 0 Å². The predicted molar refractivity (Wildman–Crippen MR) is 108 cm³/mol. The van der Waals surface area contributed by atoms with Crippen molar-refractivity contribution in [3.05, 3.63) is 58.4 Å². The highest BCUT2D eigenvalue weighted by molar-refractivity contribution is 7.90. The average Bonchev–Trinajstić information content (AvgIpc) is 2.96. The number of hydrogen-bond donors (Lipinski definition) is 0. The van der Waals surface area contributed by atoms with Gasteiger partial charge in [0.1, 0.15) is 9.84 Å². The number of benzene rings is 2. The van der Waals surface area contributed by atoms with Crippen molar-refractivity contribution in [2.24, 2.45) is 0 Å². The van der Waals surface area contributed by atoms with Gasteiger partial charge in [0.2, 0.25) is 0 Å². The van der Waals surface area contributed by atoms with Crippen LogP contribution < -0.4 is 15.0 Å². The predicted octanol–water partition coefficient (Wildman–Crippen LogP) is 3.10. The summed E-state index contributed by atoms with van der Waals surface area (Å²) in [5.41, 5.74) is 0.483. The van der Waals surface area contributed by atoms with Crippen LogP contribution in [0.25, 0.3) is 10.1 Å². The van der Waals surface area contributed by atoms with Crippen LogP contribution in [0.3, 0.4) is 0 Å².